The summed E-state index contributed by atoms with van der Waals surface area (Å²) in [4.78, 5) is 15.4. The number of benzene rings is 2. The third kappa shape index (κ3) is 3.74. The maximum atomic E-state index is 11.1. The molecule has 21 heavy (non-hydrogen) atoms. The lowest BCUT2D eigenvalue weighted by molar-refractivity contribution is 0.0693. The molecule has 0 spiro atoms. The van der Waals surface area contributed by atoms with Gasteiger partial charge in [0, 0.05) is 6.21 Å². The number of hydrogen-bond donors (Lipinski definition) is 1. The van der Waals surface area contributed by atoms with E-state index in [-0.39, 0.29) is 5.56 Å². The molecule has 0 aliphatic rings. The van der Waals surface area contributed by atoms with E-state index in [0.717, 1.165) is 0 Å². The largest absolute Gasteiger partial charge is 0.496 e. The molecule has 108 valence electrons. The normalized spacial score (nSPS) is 10.8. The molecule has 0 aliphatic heterocycles. The Bertz CT molecular complexity index is 714. The molecule has 6 heteroatoms. The van der Waals surface area contributed by atoms with Gasteiger partial charge in [-0.1, -0.05) is 23.2 Å². The van der Waals surface area contributed by atoms with E-state index in [1.807, 2.05) is 0 Å². The van der Waals surface area contributed by atoms with Crippen LogP contribution in [-0.4, -0.2) is 24.4 Å². The fraction of sp³-hybridized carbons (Fsp3) is 0.0667. The standard InChI is InChI=1S/C15H11Cl2NO3/c1-21-14-5-2-9(6-11(14)15(19)20)8-18-10-3-4-12(16)13(17)7-10/h2-8H,1H3,(H,19,20). The van der Waals surface area contributed by atoms with Gasteiger partial charge in [0.2, 0.25) is 0 Å². The van der Waals surface area contributed by atoms with Crippen molar-refractivity contribution < 1.29 is 14.6 Å². The van der Waals surface area contributed by atoms with E-state index in [1.54, 1.807) is 36.5 Å². The second-order valence-corrected chi connectivity index (χ2v) is 4.94. The molecule has 2 aromatic carbocycles. The summed E-state index contributed by atoms with van der Waals surface area (Å²) in [5, 5.41) is 9.98. The Kier molecular flexibility index (Phi) is 4.83. The zero-order valence-corrected chi connectivity index (χ0v) is 12.5. The Morgan fingerprint density at radius 2 is 1.95 bits per heavy atom. The molecule has 2 aromatic rings. The third-order valence-electron chi connectivity index (χ3n) is 2.72. The summed E-state index contributed by atoms with van der Waals surface area (Å²) in [5.41, 5.74) is 1.34. The number of carboxylic acids is 1. The highest BCUT2D eigenvalue weighted by Gasteiger charge is 2.10. The highest BCUT2D eigenvalue weighted by molar-refractivity contribution is 6.42. The van der Waals surface area contributed by atoms with Gasteiger partial charge in [-0.15, -0.1) is 0 Å². The van der Waals surface area contributed by atoms with E-state index in [1.165, 1.54) is 13.2 Å². The van der Waals surface area contributed by atoms with Gasteiger partial charge < -0.3 is 9.84 Å². The molecule has 4 nitrogen and oxygen atoms in total. The molecule has 0 saturated carbocycles. The molecular weight excluding hydrogens is 313 g/mol. The van der Waals surface area contributed by atoms with Crippen LogP contribution in [0.15, 0.2) is 41.4 Å². The first-order chi connectivity index (χ1) is 10.0. The molecular formula is C15H11Cl2NO3. The Labute approximate surface area is 131 Å². The molecule has 1 N–H and O–H groups in total. The lowest BCUT2D eigenvalue weighted by Gasteiger charge is -2.05. The van der Waals surface area contributed by atoms with Crippen LogP contribution in [0.5, 0.6) is 5.75 Å². The zero-order chi connectivity index (χ0) is 15.4. The summed E-state index contributed by atoms with van der Waals surface area (Å²) in [7, 11) is 1.42. The number of methoxy groups -OCH3 is 1. The molecule has 0 aromatic heterocycles. The number of rotatable bonds is 4. The number of nitrogens with zero attached hydrogens (tertiary/aromatic N) is 1. The minimum atomic E-state index is -1.06. The summed E-state index contributed by atoms with van der Waals surface area (Å²) in [6, 6.07) is 9.77. The molecule has 0 amide bonds. The van der Waals surface area contributed by atoms with Gasteiger partial charge in [-0.2, -0.15) is 0 Å². The van der Waals surface area contributed by atoms with E-state index in [4.69, 9.17) is 33.0 Å². The van der Waals surface area contributed by atoms with Crippen molar-refractivity contribution in [3.8, 4) is 5.75 Å². The maximum Gasteiger partial charge on any atom is 0.339 e. The Morgan fingerprint density at radius 1 is 1.19 bits per heavy atom. The van der Waals surface area contributed by atoms with Gasteiger partial charge in [0.15, 0.2) is 0 Å². The van der Waals surface area contributed by atoms with Gasteiger partial charge in [0.05, 0.1) is 22.8 Å². The average molecular weight is 324 g/mol. The average Bonchev–Trinajstić information content (AvgIpc) is 2.48. The topological polar surface area (TPSA) is 58.9 Å². The van der Waals surface area contributed by atoms with Crippen molar-refractivity contribution in [3.63, 3.8) is 0 Å². The van der Waals surface area contributed by atoms with Gasteiger partial charge in [-0.3, -0.25) is 4.99 Å². The minimum Gasteiger partial charge on any atom is -0.496 e. The van der Waals surface area contributed by atoms with Crippen molar-refractivity contribution in [1.82, 2.24) is 0 Å². The van der Waals surface area contributed by atoms with Crippen LogP contribution < -0.4 is 4.74 Å². The van der Waals surface area contributed by atoms with Crippen molar-refractivity contribution in [1.29, 1.82) is 0 Å². The minimum absolute atomic E-state index is 0.0792. The summed E-state index contributed by atoms with van der Waals surface area (Å²) in [6.07, 6.45) is 1.55. The number of ether oxygens (including phenoxy) is 1. The monoisotopic (exact) mass is 323 g/mol. The van der Waals surface area contributed by atoms with Gasteiger partial charge in [0.1, 0.15) is 11.3 Å². The maximum absolute atomic E-state index is 11.1. The molecule has 0 unspecified atom stereocenters. The van der Waals surface area contributed by atoms with Crippen LogP contribution in [0.2, 0.25) is 10.0 Å². The molecule has 0 saturated heterocycles. The number of carbonyl (C=O) groups is 1. The van der Waals surface area contributed by atoms with Crippen molar-refractivity contribution in [2.24, 2.45) is 4.99 Å². The summed E-state index contributed by atoms with van der Waals surface area (Å²) < 4.78 is 5.00. The van der Waals surface area contributed by atoms with Crippen LogP contribution in [0, 0.1) is 0 Å². The van der Waals surface area contributed by atoms with Crippen molar-refractivity contribution in [3.05, 3.63) is 57.6 Å². The summed E-state index contributed by atoms with van der Waals surface area (Å²) in [5.74, 6) is -0.758. The van der Waals surface area contributed by atoms with E-state index >= 15 is 0 Å². The number of aliphatic imine (C=N–C) groups is 1. The highest BCUT2D eigenvalue weighted by atomic mass is 35.5. The molecule has 0 bridgehead atoms. The quantitative estimate of drug-likeness (QED) is 0.845. The summed E-state index contributed by atoms with van der Waals surface area (Å²) in [6.45, 7) is 0. The second kappa shape index (κ2) is 6.61. The fourth-order valence-corrected chi connectivity index (χ4v) is 1.98. The van der Waals surface area contributed by atoms with Crippen LogP contribution in [0.1, 0.15) is 15.9 Å². The van der Waals surface area contributed by atoms with Gasteiger partial charge in [-0.05, 0) is 42.0 Å². The molecule has 0 aliphatic carbocycles. The Hall–Kier alpha value is -2.04. The predicted molar refractivity (Wildman–Crippen MR) is 83.7 cm³/mol. The predicted octanol–water partition coefficient (Wildman–Crippen LogP) is 4.45. The molecule has 0 heterocycles. The van der Waals surface area contributed by atoms with Crippen LogP contribution in [0.3, 0.4) is 0 Å². The van der Waals surface area contributed by atoms with E-state index < -0.39 is 5.97 Å². The first kappa shape index (κ1) is 15.4. The lowest BCUT2D eigenvalue weighted by atomic mass is 10.1. The molecule has 0 atom stereocenters. The third-order valence-corrected chi connectivity index (χ3v) is 3.46. The molecule has 0 fully saturated rings. The first-order valence-electron chi connectivity index (χ1n) is 5.91. The fourth-order valence-electron chi connectivity index (χ4n) is 1.69. The molecule has 0 radical (unpaired) electrons. The first-order valence-corrected chi connectivity index (χ1v) is 6.67. The van der Waals surface area contributed by atoms with Crippen molar-refractivity contribution in [2.75, 3.05) is 7.11 Å². The number of halogens is 2. The number of aromatic carboxylic acids is 1. The zero-order valence-electron chi connectivity index (χ0n) is 11.0. The Morgan fingerprint density at radius 3 is 2.57 bits per heavy atom. The van der Waals surface area contributed by atoms with Gasteiger partial charge >= 0.3 is 5.97 Å². The van der Waals surface area contributed by atoms with Gasteiger partial charge in [-0.25, -0.2) is 4.79 Å². The molecule has 2 rings (SSSR count). The number of carboxylic acid groups (broad SMARTS) is 1. The SMILES string of the molecule is COc1ccc(C=Nc2ccc(Cl)c(Cl)c2)cc1C(=O)O. The van der Waals surface area contributed by atoms with Crippen LogP contribution in [-0.2, 0) is 0 Å². The highest BCUT2D eigenvalue weighted by Crippen LogP contribution is 2.26. The van der Waals surface area contributed by atoms with E-state index in [2.05, 4.69) is 4.99 Å². The van der Waals surface area contributed by atoms with Crippen LogP contribution in [0.25, 0.3) is 0 Å². The van der Waals surface area contributed by atoms with E-state index in [9.17, 15) is 4.79 Å². The summed E-state index contributed by atoms with van der Waals surface area (Å²) >= 11 is 11.7. The Balaban J connectivity index is 2.30. The van der Waals surface area contributed by atoms with Crippen molar-refractivity contribution in [2.45, 2.75) is 0 Å². The van der Waals surface area contributed by atoms with E-state index in [0.29, 0.717) is 27.0 Å². The lowest BCUT2D eigenvalue weighted by Crippen LogP contribution is -2.01. The van der Waals surface area contributed by atoms with Crippen LogP contribution in [0.4, 0.5) is 5.69 Å². The smallest absolute Gasteiger partial charge is 0.339 e. The van der Waals surface area contributed by atoms with Crippen LogP contribution >= 0.6 is 23.2 Å². The number of hydrogen-bond acceptors (Lipinski definition) is 3. The second-order valence-electron chi connectivity index (χ2n) is 4.12. The van der Waals surface area contributed by atoms with Crippen molar-refractivity contribution >= 4 is 41.1 Å². The van der Waals surface area contributed by atoms with Gasteiger partial charge in [0.25, 0.3) is 0 Å².